The van der Waals surface area contributed by atoms with Crippen LogP contribution in [0.25, 0.3) is 0 Å². The zero-order chi connectivity index (χ0) is 16.8. The molecule has 2 aromatic rings. The number of piperazine rings is 1. The third-order valence-electron chi connectivity index (χ3n) is 4.30. The van der Waals surface area contributed by atoms with Crippen LogP contribution in [0.2, 0.25) is 0 Å². The fraction of sp³-hybridized carbons (Fsp3) is 0.389. The fourth-order valence-electron chi connectivity index (χ4n) is 2.77. The molecule has 24 heavy (non-hydrogen) atoms. The molecule has 6 heteroatoms. The van der Waals surface area contributed by atoms with Crippen LogP contribution in [0.4, 0.5) is 5.82 Å². The van der Waals surface area contributed by atoms with Crippen molar-refractivity contribution < 1.29 is 4.79 Å². The Hall–Kier alpha value is -2.47. The third kappa shape index (κ3) is 4.08. The molecule has 1 fully saturated rings. The average Bonchev–Trinajstić information content (AvgIpc) is 2.67. The minimum Gasteiger partial charge on any atom is -0.354 e. The van der Waals surface area contributed by atoms with Gasteiger partial charge in [0, 0.05) is 45.1 Å². The number of anilines is 1. The normalized spacial score (nSPS) is 15.3. The van der Waals surface area contributed by atoms with Crippen LogP contribution in [-0.2, 0) is 6.54 Å². The predicted molar refractivity (Wildman–Crippen MR) is 94.0 cm³/mol. The number of rotatable bonds is 5. The lowest BCUT2D eigenvalue weighted by molar-refractivity contribution is 0.0946. The van der Waals surface area contributed by atoms with Crippen molar-refractivity contribution in [3.63, 3.8) is 0 Å². The van der Waals surface area contributed by atoms with Crippen molar-refractivity contribution in [1.82, 2.24) is 20.2 Å². The predicted octanol–water partition coefficient (Wildman–Crippen LogP) is 1.55. The van der Waals surface area contributed by atoms with Gasteiger partial charge in [0.05, 0.1) is 0 Å². The van der Waals surface area contributed by atoms with Gasteiger partial charge in [-0.25, -0.2) is 4.98 Å². The molecule has 1 saturated heterocycles. The van der Waals surface area contributed by atoms with Gasteiger partial charge in [-0.3, -0.25) is 9.78 Å². The van der Waals surface area contributed by atoms with E-state index in [0.29, 0.717) is 12.2 Å². The van der Waals surface area contributed by atoms with Gasteiger partial charge in [0.15, 0.2) is 0 Å². The number of carbonyl (C=O) groups is 1. The van der Waals surface area contributed by atoms with Crippen LogP contribution < -0.4 is 10.2 Å². The van der Waals surface area contributed by atoms with Gasteiger partial charge in [0.1, 0.15) is 11.5 Å². The van der Waals surface area contributed by atoms with E-state index >= 15 is 0 Å². The number of carbonyl (C=O) groups excluding carboxylic acids is 1. The molecule has 0 atom stereocenters. The third-order valence-corrected chi connectivity index (χ3v) is 4.30. The number of nitrogens with zero attached hydrogens (tertiary/aromatic N) is 4. The number of amides is 1. The molecule has 2 aromatic heterocycles. The van der Waals surface area contributed by atoms with E-state index in [4.69, 9.17) is 0 Å². The first kappa shape index (κ1) is 16.4. The summed E-state index contributed by atoms with van der Waals surface area (Å²) in [7, 11) is 0. The summed E-state index contributed by atoms with van der Waals surface area (Å²) in [5.74, 6) is 0.834. The molecule has 1 amide bonds. The zero-order valence-corrected chi connectivity index (χ0v) is 14.0. The van der Waals surface area contributed by atoms with Gasteiger partial charge in [-0.15, -0.1) is 0 Å². The molecule has 1 aliphatic heterocycles. The first-order valence-corrected chi connectivity index (χ1v) is 8.37. The minimum absolute atomic E-state index is 0.171. The smallest absolute Gasteiger partial charge is 0.270 e. The summed E-state index contributed by atoms with van der Waals surface area (Å²) in [6, 6.07) is 9.35. The Morgan fingerprint density at radius 2 is 1.96 bits per heavy atom. The summed E-state index contributed by atoms with van der Waals surface area (Å²) in [5, 5.41) is 2.87. The number of nitrogens with one attached hydrogen (secondary N) is 1. The van der Waals surface area contributed by atoms with Crippen LogP contribution in [0.15, 0.2) is 42.7 Å². The highest BCUT2D eigenvalue weighted by Crippen LogP contribution is 2.14. The van der Waals surface area contributed by atoms with Crippen molar-refractivity contribution >= 4 is 11.7 Å². The van der Waals surface area contributed by atoms with Crippen molar-refractivity contribution in [3.05, 3.63) is 54.0 Å². The van der Waals surface area contributed by atoms with Crippen molar-refractivity contribution in [2.24, 2.45) is 0 Å². The van der Waals surface area contributed by atoms with Crippen LogP contribution in [0.3, 0.4) is 0 Å². The van der Waals surface area contributed by atoms with Crippen LogP contribution in [0.1, 0.15) is 23.0 Å². The van der Waals surface area contributed by atoms with Crippen LogP contribution >= 0.6 is 0 Å². The van der Waals surface area contributed by atoms with Gasteiger partial charge < -0.3 is 15.1 Å². The molecule has 1 N–H and O–H groups in total. The summed E-state index contributed by atoms with van der Waals surface area (Å²) in [4.78, 5) is 25.3. The summed E-state index contributed by atoms with van der Waals surface area (Å²) in [6.45, 7) is 7.94. The van der Waals surface area contributed by atoms with Gasteiger partial charge in [0.2, 0.25) is 0 Å². The number of pyridine rings is 2. The number of aromatic nitrogens is 2. The van der Waals surface area contributed by atoms with E-state index < -0.39 is 0 Å². The maximum atomic E-state index is 12.0. The lowest BCUT2D eigenvalue weighted by atomic mass is 10.2. The van der Waals surface area contributed by atoms with Gasteiger partial charge >= 0.3 is 0 Å². The number of hydrogen-bond donors (Lipinski definition) is 1. The highest BCUT2D eigenvalue weighted by atomic mass is 16.1. The summed E-state index contributed by atoms with van der Waals surface area (Å²) in [5.41, 5.74) is 1.41. The van der Waals surface area contributed by atoms with E-state index in [9.17, 15) is 4.79 Å². The molecule has 3 rings (SSSR count). The molecule has 0 radical (unpaired) electrons. The molecular weight excluding hydrogens is 302 g/mol. The van der Waals surface area contributed by atoms with E-state index in [1.54, 1.807) is 24.4 Å². The molecule has 6 nitrogen and oxygen atoms in total. The summed E-state index contributed by atoms with van der Waals surface area (Å²) < 4.78 is 0. The highest BCUT2D eigenvalue weighted by molar-refractivity contribution is 5.92. The van der Waals surface area contributed by atoms with Crippen LogP contribution in [0.5, 0.6) is 0 Å². The molecule has 0 spiro atoms. The minimum atomic E-state index is -0.171. The Balaban J connectivity index is 1.52. The van der Waals surface area contributed by atoms with E-state index in [2.05, 4.69) is 32.0 Å². The molecule has 0 aliphatic carbocycles. The highest BCUT2D eigenvalue weighted by Gasteiger charge is 2.16. The molecule has 1 aliphatic rings. The standard InChI is InChI=1S/C18H23N5O/c1-2-22-9-11-23(12-10-22)17-7-6-15(13-20-17)14-21-18(24)16-5-3-4-8-19-16/h3-8,13H,2,9-12,14H2,1H3,(H,21,24). The second-order valence-electron chi connectivity index (χ2n) is 5.84. The Labute approximate surface area is 142 Å². The van der Waals surface area contributed by atoms with Gasteiger partial charge in [0.25, 0.3) is 5.91 Å². The average molecular weight is 325 g/mol. The molecule has 0 unspecified atom stereocenters. The molecule has 0 saturated carbocycles. The molecule has 126 valence electrons. The van der Waals surface area contributed by atoms with Crippen molar-refractivity contribution in [2.45, 2.75) is 13.5 Å². The summed E-state index contributed by atoms with van der Waals surface area (Å²) in [6.07, 6.45) is 3.45. The van der Waals surface area contributed by atoms with Crippen molar-refractivity contribution in [3.8, 4) is 0 Å². The van der Waals surface area contributed by atoms with Gasteiger partial charge in [-0.2, -0.15) is 0 Å². The Morgan fingerprint density at radius 3 is 2.58 bits per heavy atom. The van der Waals surface area contributed by atoms with Crippen LogP contribution in [0, 0.1) is 0 Å². The molecule has 3 heterocycles. The van der Waals surface area contributed by atoms with Crippen molar-refractivity contribution in [1.29, 1.82) is 0 Å². The van der Waals surface area contributed by atoms with Gasteiger partial charge in [-0.1, -0.05) is 19.1 Å². The Bertz CT molecular complexity index is 651. The monoisotopic (exact) mass is 325 g/mol. The van der Waals surface area contributed by atoms with Gasteiger partial charge in [-0.05, 0) is 30.3 Å². The maximum absolute atomic E-state index is 12.0. The number of hydrogen-bond acceptors (Lipinski definition) is 5. The number of likely N-dealkylation sites (N-methyl/N-ethyl adjacent to an activating group) is 1. The Morgan fingerprint density at radius 1 is 1.12 bits per heavy atom. The fourth-order valence-corrected chi connectivity index (χ4v) is 2.77. The topological polar surface area (TPSA) is 61.4 Å². The lowest BCUT2D eigenvalue weighted by Gasteiger charge is -2.34. The quantitative estimate of drug-likeness (QED) is 0.904. The van der Waals surface area contributed by atoms with E-state index in [-0.39, 0.29) is 5.91 Å². The van der Waals surface area contributed by atoms with E-state index in [1.165, 1.54) is 0 Å². The molecule has 0 aromatic carbocycles. The van der Waals surface area contributed by atoms with Crippen molar-refractivity contribution in [2.75, 3.05) is 37.6 Å². The first-order valence-electron chi connectivity index (χ1n) is 8.37. The van der Waals surface area contributed by atoms with E-state index in [1.807, 2.05) is 18.3 Å². The van der Waals surface area contributed by atoms with Crippen LogP contribution in [-0.4, -0.2) is 53.5 Å². The zero-order valence-electron chi connectivity index (χ0n) is 14.0. The first-order chi connectivity index (χ1) is 11.8. The Kier molecular flexibility index (Phi) is 5.38. The summed E-state index contributed by atoms with van der Waals surface area (Å²) >= 11 is 0. The van der Waals surface area contributed by atoms with E-state index in [0.717, 1.165) is 44.1 Å². The SMILES string of the molecule is CCN1CCN(c2ccc(CNC(=O)c3ccccn3)cn2)CC1. The second-order valence-corrected chi connectivity index (χ2v) is 5.84. The second kappa shape index (κ2) is 7.88. The largest absolute Gasteiger partial charge is 0.354 e. The molecule has 0 bridgehead atoms. The molecular formula is C18H23N5O. The maximum Gasteiger partial charge on any atom is 0.270 e. The lowest BCUT2D eigenvalue weighted by Crippen LogP contribution is -2.46.